The van der Waals surface area contributed by atoms with Crippen molar-refractivity contribution >= 4 is 22.5 Å². The number of amides is 1. The fourth-order valence-corrected chi connectivity index (χ4v) is 3.93. The van der Waals surface area contributed by atoms with Gasteiger partial charge in [0.2, 0.25) is 5.91 Å². The van der Waals surface area contributed by atoms with E-state index in [-0.39, 0.29) is 17.6 Å². The van der Waals surface area contributed by atoms with Gasteiger partial charge >= 0.3 is 0 Å². The zero-order chi connectivity index (χ0) is 19.3. The number of likely N-dealkylation sites (tertiary alicyclic amines) is 1. The molecule has 0 aliphatic carbocycles. The summed E-state index contributed by atoms with van der Waals surface area (Å²) in [6.45, 7) is 1.22. The average Bonchev–Trinajstić information content (AvgIpc) is 2.77. The Morgan fingerprint density at radius 1 is 1.07 bits per heavy atom. The van der Waals surface area contributed by atoms with Crippen LogP contribution in [0.4, 0.5) is 0 Å². The number of carbonyl (C=O) groups is 2. The number of carbonyl (C=O) groups excluding carboxylic acids is 2. The molecule has 2 heterocycles. The summed E-state index contributed by atoms with van der Waals surface area (Å²) in [6, 6.07) is 13.8. The second-order valence-electron chi connectivity index (χ2n) is 7.27. The number of Topliss-reactive ketones (excluding diaryl/α,β-unsaturated/α-hetero) is 1. The van der Waals surface area contributed by atoms with Crippen molar-refractivity contribution in [2.75, 3.05) is 13.1 Å². The molecule has 5 heteroatoms. The molecule has 0 unspecified atom stereocenters. The molecule has 1 saturated heterocycles. The van der Waals surface area contributed by atoms with Crippen LogP contribution >= 0.6 is 0 Å². The summed E-state index contributed by atoms with van der Waals surface area (Å²) in [5.41, 5.74) is 1.58. The van der Waals surface area contributed by atoms with E-state index in [1.165, 1.54) is 0 Å². The molecule has 1 amide bonds. The van der Waals surface area contributed by atoms with Crippen LogP contribution in [0.3, 0.4) is 0 Å². The normalized spacial score (nSPS) is 16.9. The molecule has 3 aromatic rings. The number of benzene rings is 2. The van der Waals surface area contributed by atoms with Gasteiger partial charge in [0.1, 0.15) is 0 Å². The van der Waals surface area contributed by atoms with Gasteiger partial charge in [-0.05, 0) is 30.0 Å². The molecule has 2 aromatic carbocycles. The Morgan fingerprint density at radius 2 is 1.93 bits per heavy atom. The lowest BCUT2D eigenvalue weighted by Gasteiger charge is -2.32. The lowest BCUT2D eigenvalue weighted by Crippen LogP contribution is -2.42. The highest BCUT2D eigenvalue weighted by Crippen LogP contribution is 2.26. The third kappa shape index (κ3) is 3.93. The fourth-order valence-electron chi connectivity index (χ4n) is 3.93. The van der Waals surface area contributed by atoms with E-state index in [0.717, 1.165) is 41.4 Å². The van der Waals surface area contributed by atoms with Crippen molar-refractivity contribution in [1.82, 2.24) is 14.9 Å². The number of ketones is 1. The Morgan fingerprint density at radius 3 is 2.79 bits per heavy atom. The van der Waals surface area contributed by atoms with E-state index in [1.54, 1.807) is 18.6 Å². The SMILES string of the molecule is O=C(c1cccc2ccccc12)[C@@H]1CCCN(C(=O)CCc2cnccn2)C1. The maximum Gasteiger partial charge on any atom is 0.222 e. The molecular weight excluding hydrogens is 350 g/mol. The quantitative estimate of drug-likeness (QED) is 0.640. The summed E-state index contributed by atoms with van der Waals surface area (Å²) in [7, 11) is 0. The largest absolute Gasteiger partial charge is 0.342 e. The Labute approximate surface area is 164 Å². The van der Waals surface area contributed by atoms with Gasteiger partial charge in [0.15, 0.2) is 5.78 Å². The molecule has 28 heavy (non-hydrogen) atoms. The Balaban J connectivity index is 1.44. The third-order valence-electron chi connectivity index (χ3n) is 5.41. The van der Waals surface area contributed by atoms with Crippen molar-refractivity contribution in [3.8, 4) is 0 Å². The van der Waals surface area contributed by atoms with Crippen LogP contribution in [-0.2, 0) is 11.2 Å². The minimum atomic E-state index is -0.139. The van der Waals surface area contributed by atoms with Gasteiger partial charge in [-0.3, -0.25) is 19.6 Å². The molecule has 0 N–H and O–H groups in total. The smallest absolute Gasteiger partial charge is 0.222 e. The molecule has 1 aromatic heterocycles. The Bertz CT molecular complexity index is 982. The van der Waals surface area contributed by atoms with Crippen LogP contribution in [0.2, 0.25) is 0 Å². The van der Waals surface area contributed by atoms with Crippen LogP contribution < -0.4 is 0 Å². The van der Waals surface area contributed by atoms with Crippen LogP contribution in [0.15, 0.2) is 61.1 Å². The summed E-state index contributed by atoms with van der Waals surface area (Å²) in [4.78, 5) is 36.0. The minimum Gasteiger partial charge on any atom is -0.342 e. The maximum absolute atomic E-state index is 13.2. The van der Waals surface area contributed by atoms with E-state index in [4.69, 9.17) is 0 Å². The highest BCUT2D eigenvalue weighted by atomic mass is 16.2. The molecule has 5 nitrogen and oxygen atoms in total. The van der Waals surface area contributed by atoms with E-state index < -0.39 is 0 Å². The van der Waals surface area contributed by atoms with Crippen LogP contribution in [-0.4, -0.2) is 39.6 Å². The molecule has 1 aliphatic heterocycles. The van der Waals surface area contributed by atoms with E-state index in [1.807, 2.05) is 47.4 Å². The summed E-state index contributed by atoms with van der Waals surface area (Å²) in [6.07, 6.45) is 7.61. The van der Waals surface area contributed by atoms with Crippen LogP contribution in [0.25, 0.3) is 10.8 Å². The summed E-state index contributed by atoms with van der Waals surface area (Å²) in [5.74, 6) is 0.0873. The second kappa shape index (κ2) is 8.30. The molecule has 0 spiro atoms. The number of rotatable bonds is 5. The van der Waals surface area contributed by atoms with Crippen LogP contribution in [0, 0.1) is 5.92 Å². The van der Waals surface area contributed by atoms with Gasteiger partial charge in [-0.1, -0.05) is 42.5 Å². The first kappa shape index (κ1) is 18.3. The topological polar surface area (TPSA) is 63.2 Å². The standard InChI is InChI=1S/C23H23N3O2/c27-22(11-10-19-15-24-12-13-25-19)26-14-4-7-18(16-26)23(28)21-9-3-6-17-5-1-2-8-20(17)21/h1-3,5-6,8-9,12-13,15,18H,4,7,10-11,14,16H2/t18-/m1/s1. The van der Waals surface area contributed by atoms with Gasteiger partial charge in [0.05, 0.1) is 5.69 Å². The van der Waals surface area contributed by atoms with Crippen molar-refractivity contribution in [1.29, 1.82) is 0 Å². The van der Waals surface area contributed by atoms with Gasteiger partial charge in [0.25, 0.3) is 0 Å². The van der Waals surface area contributed by atoms with Crippen LogP contribution in [0.5, 0.6) is 0 Å². The molecule has 1 fully saturated rings. The Kier molecular flexibility index (Phi) is 5.42. The van der Waals surface area contributed by atoms with Gasteiger partial charge in [-0.25, -0.2) is 0 Å². The molecule has 0 bridgehead atoms. The number of fused-ring (bicyclic) bond motifs is 1. The Hall–Kier alpha value is -3.08. The second-order valence-corrected chi connectivity index (χ2v) is 7.27. The molecule has 0 saturated carbocycles. The van der Waals surface area contributed by atoms with Crippen molar-refractivity contribution in [3.63, 3.8) is 0 Å². The zero-order valence-electron chi connectivity index (χ0n) is 15.8. The zero-order valence-corrected chi connectivity index (χ0v) is 15.8. The maximum atomic E-state index is 13.2. The molecule has 0 radical (unpaired) electrons. The lowest BCUT2D eigenvalue weighted by atomic mass is 9.88. The molecule has 4 rings (SSSR count). The monoisotopic (exact) mass is 373 g/mol. The first-order chi connectivity index (χ1) is 13.7. The first-order valence-electron chi connectivity index (χ1n) is 9.77. The number of nitrogens with zero attached hydrogens (tertiary/aromatic N) is 3. The van der Waals surface area contributed by atoms with Crippen molar-refractivity contribution in [3.05, 3.63) is 72.3 Å². The van der Waals surface area contributed by atoms with Gasteiger partial charge in [0, 0.05) is 49.6 Å². The molecule has 1 atom stereocenters. The predicted octanol–water partition coefficient (Wildman–Crippen LogP) is 3.68. The van der Waals surface area contributed by atoms with Gasteiger partial charge < -0.3 is 4.90 Å². The van der Waals surface area contributed by atoms with Crippen LogP contribution in [0.1, 0.15) is 35.3 Å². The minimum absolute atomic E-state index is 0.0843. The van der Waals surface area contributed by atoms with Crippen molar-refractivity contribution in [2.24, 2.45) is 5.92 Å². The fraction of sp³-hybridized carbons (Fsp3) is 0.304. The van der Waals surface area contributed by atoms with E-state index >= 15 is 0 Å². The number of aryl methyl sites for hydroxylation is 1. The summed E-state index contributed by atoms with van der Waals surface area (Å²) < 4.78 is 0. The molecule has 1 aliphatic rings. The summed E-state index contributed by atoms with van der Waals surface area (Å²) in [5, 5.41) is 2.06. The van der Waals surface area contributed by atoms with Crippen molar-refractivity contribution < 1.29 is 9.59 Å². The highest BCUT2D eigenvalue weighted by Gasteiger charge is 2.29. The van der Waals surface area contributed by atoms with Crippen molar-refractivity contribution in [2.45, 2.75) is 25.7 Å². The number of hydrogen-bond acceptors (Lipinski definition) is 4. The van der Waals surface area contributed by atoms with E-state index in [2.05, 4.69) is 9.97 Å². The lowest BCUT2D eigenvalue weighted by molar-refractivity contribution is -0.132. The van der Waals surface area contributed by atoms with E-state index in [9.17, 15) is 9.59 Å². The highest BCUT2D eigenvalue weighted by molar-refractivity contribution is 6.09. The average molecular weight is 373 g/mol. The van der Waals surface area contributed by atoms with E-state index in [0.29, 0.717) is 19.4 Å². The number of hydrogen-bond donors (Lipinski definition) is 0. The molecular formula is C23H23N3O2. The first-order valence-corrected chi connectivity index (χ1v) is 9.77. The number of aromatic nitrogens is 2. The molecule has 142 valence electrons. The predicted molar refractivity (Wildman–Crippen MR) is 108 cm³/mol. The van der Waals surface area contributed by atoms with Gasteiger partial charge in [-0.2, -0.15) is 0 Å². The summed E-state index contributed by atoms with van der Waals surface area (Å²) >= 11 is 0. The third-order valence-corrected chi connectivity index (χ3v) is 5.41. The number of piperidine rings is 1. The van der Waals surface area contributed by atoms with Gasteiger partial charge in [-0.15, -0.1) is 0 Å².